The summed E-state index contributed by atoms with van der Waals surface area (Å²) in [5.41, 5.74) is 7.49. The normalized spacial score (nSPS) is 12.2. The van der Waals surface area contributed by atoms with Gasteiger partial charge in [-0.1, -0.05) is 52.3 Å². The van der Waals surface area contributed by atoms with Crippen LogP contribution in [0.15, 0.2) is 91.8 Å². The number of hydrazone groups is 1. The molecule has 0 bridgehead atoms. The van der Waals surface area contributed by atoms with Crippen LogP contribution in [0.2, 0.25) is 0 Å². The summed E-state index contributed by atoms with van der Waals surface area (Å²) < 4.78 is 2.99. The highest BCUT2D eigenvalue weighted by molar-refractivity contribution is 9.11. The predicted octanol–water partition coefficient (Wildman–Crippen LogP) is 7.38. The van der Waals surface area contributed by atoms with E-state index in [1.807, 2.05) is 73.7 Å². The number of aliphatic imine (C=N–C) groups is 1. The van der Waals surface area contributed by atoms with E-state index in [0.717, 1.165) is 46.3 Å². The lowest BCUT2D eigenvalue weighted by atomic mass is 10.2. The van der Waals surface area contributed by atoms with Crippen LogP contribution in [0.3, 0.4) is 0 Å². The Kier molecular flexibility index (Phi) is 6.30. The van der Waals surface area contributed by atoms with Gasteiger partial charge in [-0.05, 0) is 64.8 Å². The maximum absolute atomic E-state index is 4.89. The van der Waals surface area contributed by atoms with E-state index in [2.05, 4.69) is 53.4 Å². The van der Waals surface area contributed by atoms with Crippen molar-refractivity contribution in [3.63, 3.8) is 0 Å². The van der Waals surface area contributed by atoms with Crippen molar-refractivity contribution in [3.8, 4) is 0 Å². The first kappa shape index (κ1) is 21.9. The topological polar surface area (TPSA) is 62.5 Å². The van der Waals surface area contributed by atoms with Gasteiger partial charge < -0.3 is 0 Å². The fourth-order valence-electron chi connectivity index (χ4n) is 3.38. The zero-order chi connectivity index (χ0) is 22.8. The van der Waals surface area contributed by atoms with Crippen molar-refractivity contribution in [1.29, 1.82) is 0 Å². The van der Waals surface area contributed by atoms with E-state index in [-0.39, 0.29) is 0 Å². The van der Waals surface area contributed by atoms with Crippen LogP contribution in [0.4, 0.5) is 5.69 Å². The van der Waals surface area contributed by atoms with Gasteiger partial charge in [0.15, 0.2) is 5.84 Å². The molecule has 8 heteroatoms. The van der Waals surface area contributed by atoms with E-state index in [1.54, 1.807) is 17.6 Å². The summed E-state index contributed by atoms with van der Waals surface area (Å²) in [7, 11) is 0. The minimum atomic E-state index is 0.546. The third-order valence-electron chi connectivity index (χ3n) is 4.94. The lowest BCUT2D eigenvalue weighted by molar-refractivity contribution is 1.02. The monoisotopic (exact) mass is 577 g/mol. The summed E-state index contributed by atoms with van der Waals surface area (Å²) >= 11 is 8.75. The number of halogens is 2. The molecule has 0 spiro atoms. The number of amidine groups is 1. The Balaban J connectivity index is 1.54. The zero-order valence-electron chi connectivity index (χ0n) is 17.5. The molecule has 2 aromatic heterocycles. The van der Waals surface area contributed by atoms with Gasteiger partial charge >= 0.3 is 0 Å². The Morgan fingerprint density at radius 1 is 0.939 bits per heavy atom. The SMILES string of the molecule is Cc1cc(Br)cc(Br)c1N=C(N/N=C/c1nc2ccccc2s1)c1ccc2ccccc2n1. The number of aryl methyl sites for hydroxylation is 1. The third kappa shape index (κ3) is 4.88. The fourth-order valence-corrected chi connectivity index (χ4v) is 5.75. The molecule has 3 aromatic carbocycles. The number of pyridine rings is 1. The van der Waals surface area contributed by atoms with E-state index in [9.17, 15) is 0 Å². The number of thiazole rings is 1. The minimum Gasteiger partial charge on any atom is -0.259 e. The van der Waals surface area contributed by atoms with Gasteiger partial charge in [0.05, 0.1) is 27.6 Å². The lowest BCUT2D eigenvalue weighted by Crippen LogP contribution is -2.20. The molecular weight excluding hydrogens is 562 g/mol. The van der Waals surface area contributed by atoms with Crippen LogP contribution in [0.5, 0.6) is 0 Å². The number of hydrogen-bond acceptors (Lipinski definition) is 5. The summed E-state index contributed by atoms with van der Waals surface area (Å²) in [4.78, 5) is 14.3. The molecule has 0 unspecified atom stereocenters. The van der Waals surface area contributed by atoms with Gasteiger partial charge in [-0.3, -0.25) is 5.43 Å². The van der Waals surface area contributed by atoms with Crippen LogP contribution in [0.25, 0.3) is 21.1 Å². The van der Waals surface area contributed by atoms with Crippen LogP contribution in [0.1, 0.15) is 16.3 Å². The molecule has 5 aromatic rings. The first-order valence-electron chi connectivity index (χ1n) is 10.1. The molecular formula is C25H17Br2N5S. The number of aromatic nitrogens is 2. The van der Waals surface area contributed by atoms with Gasteiger partial charge in [-0.2, -0.15) is 5.10 Å². The molecule has 2 heterocycles. The van der Waals surface area contributed by atoms with Gasteiger partial charge in [0.1, 0.15) is 10.7 Å². The van der Waals surface area contributed by atoms with E-state index in [0.29, 0.717) is 11.5 Å². The number of fused-ring (bicyclic) bond motifs is 2. The Labute approximate surface area is 211 Å². The molecule has 5 rings (SSSR count). The standard InChI is InChI=1S/C25H17Br2N5S/c1-15-12-17(26)13-18(27)24(15)31-25(21-11-10-16-6-2-3-7-19(16)29-21)32-28-14-23-30-20-8-4-5-9-22(20)33-23/h2-14H,1H3,(H,31,32)/b28-14+. The van der Waals surface area contributed by atoms with Crippen LogP contribution >= 0.6 is 43.2 Å². The molecule has 5 nitrogen and oxygen atoms in total. The van der Waals surface area contributed by atoms with Crippen molar-refractivity contribution >= 4 is 82.1 Å². The molecule has 0 atom stereocenters. The van der Waals surface area contributed by atoms with Crippen molar-refractivity contribution in [2.75, 3.05) is 0 Å². The van der Waals surface area contributed by atoms with Crippen molar-refractivity contribution < 1.29 is 0 Å². The number of nitrogens with one attached hydrogen (secondary N) is 1. The fraction of sp³-hybridized carbons (Fsp3) is 0.0400. The second-order valence-corrected chi connectivity index (χ2v) is 10.1. The van der Waals surface area contributed by atoms with Crippen molar-refractivity contribution in [2.24, 2.45) is 10.1 Å². The minimum absolute atomic E-state index is 0.546. The quantitative estimate of drug-likeness (QED) is 0.137. The molecule has 0 aliphatic carbocycles. The van der Waals surface area contributed by atoms with Gasteiger partial charge in [0.25, 0.3) is 0 Å². The number of benzene rings is 3. The number of para-hydroxylation sites is 2. The highest BCUT2D eigenvalue weighted by atomic mass is 79.9. The second-order valence-electron chi connectivity index (χ2n) is 7.29. The van der Waals surface area contributed by atoms with Crippen LogP contribution in [-0.2, 0) is 0 Å². The van der Waals surface area contributed by atoms with Gasteiger partial charge in [0.2, 0.25) is 0 Å². The number of nitrogens with zero attached hydrogens (tertiary/aromatic N) is 4. The Bertz CT molecular complexity index is 1480. The highest BCUT2D eigenvalue weighted by Crippen LogP contribution is 2.33. The molecule has 0 aliphatic heterocycles. The summed E-state index contributed by atoms with van der Waals surface area (Å²) in [6, 6.07) is 24.0. The summed E-state index contributed by atoms with van der Waals surface area (Å²) in [5, 5.41) is 6.33. The molecule has 0 aliphatic rings. The Hall–Kier alpha value is -2.94. The van der Waals surface area contributed by atoms with Crippen molar-refractivity contribution in [3.05, 3.63) is 98.0 Å². The number of rotatable bonds is 4. The summed E-state index contributed by atoms with van der Waals surface area (Å²) in [5.74, 6) is 0.546. The Morgan fingerprint density at radius 3 is 2.55 bits per heavy atom. The van der Waals surface area contributed by atoms with Crippen molar-refractivity contribution in [1.82, 2.24) is 15.4 Å². The molecule has 0 amide bonds. The molecule has 33 heavy (non-hydrogen) atoms. The van der Waals surface area contributed by atoms with Crippen LogP contribution in [0, 0.1) is 6.92 Å². The van der Waals surface area contributed by atoms with Crippen LogP contribution in [-0.4, -0.2) is 22.0 Å². The maximum atomic E-state index is 4.89. The maximum Gasteiger partial charge on any atom is 0.173 e. The van der Waals surface area contributed by atoms with Crippen molar-refractivity contribution in [2.45, 2.75) is 6.92 Å². The smallest absolute Gasteiger partial charge is 0.173 e. The van der Waals surface area contributed by atoms with Gasteiger partial charge in [-0.25, -0.2) is 15.0 Å². The van der Waals surface area contributed by atoms with E-state index in [4.69, 9.17) is 9.98 Å². The second kappa shape index (κ2) is 9.51. The van der Waals surface area contributed by atoms with Gasteiger partial charge in [-0.15, -0.1) is 11.3 Å². The number of hydrogen-bond donors (Lipinski definition) is 1. The third-order valence-corrected chi connectivity index (χ3v) is 6.97. The van der Waals surface area contributed by atoms with Crippen LogP contribution < -0.4 is 5.43 Å². The van der Waals surface area contributed by atoms with E-state index >= 15 is 0 Å². The van der Waals surface area contributed by atoms with E-state index in [1.165, 1.54) is 0 Å². The predicted molar refractivity (Wildman–Crippen MR) is 145 cm³/mol. The van der Waals surface area contributed by atoms with E-state index < -0.39 is 0 Å². The highest BCUT2D eigenvalue weighted by Gasteiger charge is 2.11. The summed E-state index contributed by atoms with van der Waals surface area (Å²) in [6.07, 6.45) is 1.71. The summed E-state index contributed by atoms with van der Waals surface area (Å²) in [6.45, 7) is 2.02. The molecule has 0 radical (unpaired) electrons. The average Bonchev–Trinajstić information content (AvgIpc) is 3.22. The Morgan fingerprint density at radius 2 is 1.73 bits per heavy atom. The molecule has 0 saturated carbocycles. The zero-order valence-corrected chi connectivity index (χ0v) is 21.4. The first-order chi connectivity index (χ1) is 16.1. The lowest BCUT2D eigenvalue weighted by Gasteiger charge is -2.10. The molecule has 0 saturated heterocycles. The molecule has 1 N–H and O–H groups in total. The average molecular weight is 579 g/mol. The van der Waals surface area contributed by atoms with Gasteiger partial charge in [0, 0.05) is 14.3 Å². The first-order valence-corrected chi connectivity index (χ1v) is 12.5. The molecule has 0 fully saturated rings. The molecule has 162 valence electrons. The largest absolute Gasteiger partial charge is 0.259 e.